The molecule has 0 saturated carbocycles. The van der Waals surface area contributed by atoms with Gasteiger partial charge < -0.3 is 15.3 Å². The van der Waals surface area contributed by atoms with Crippen molar-refractivity contribution in [2.45, 2.75) is 47.1 Å². The van der Waals surface area contributed by atoms with Crippen LogP contribution in [0.4, 0.5) is 16.8 Å². The van der Waals surface area contributed by atoms with Crippen molar-refractivity contribution in [3.63, 3.8) is 0 Å². The molecule has 3 aromatic heterocycles. The first-order chi connectivity index (χ1) is 14.8. The van der Waals surface area contributed by atoms with Crippen molar-refractivity contribution < 1.29 is 5.11 Å². The van der Waals surface area contributed by atoms with Crippen LogP contribution in [0.3, 0.4) is 0 Å². The summed E-state index contributed by atoms with van der Waals surface area (Å²) in [5, 5.41) is 22.5. The van der Waals surface area contributed by atoms with E-state index in [0.717, 1.165) is 46.8 Å². The van der Waals surface area contributed by atoms with Crippen LogP contribution in [0.5, 0.6) is 0 Å². The summed E-state index contributed by atoms with van der Waals surface area (Å²) in [5.74, 6) is 1.45. The minimum Gasteiger partial charge on any atom is -0.392 e. The van der Waals surface area contributed by atoms with Gasteiger partial charge in [-0.25, -0.2) is 15.0 Å². The molecule has 0 spiro atoms. The van der Waals surface area contributed by atoms with Crippen molar-refractivity contribution in [3.05, 3.63) is 36.2 Å². The van der Waals surface area contributed by atoms with Crippen LogP contribution < -0.4 is 10.2 Å². The normalized spacial score (nSPS) is 15.3. The van der Waals surface area contributed by atoms with Crippen molar-refractivity contribution in [1.82, 2.24) is 15.0 Å². The van der Waals surface area contributed by atoms with E-state index in [2.05, 4.69) is 26.3 Å². The summed E-state index contributed by atoms with van der Waals surface area (Å²) in [7, 11) is 0. The highest BCUT2D eigenvalue weighted by Crippen LogP contribution is 2.35. The maximum Gasteiger partial charge on any atom is 0.186 e. The van der Waals surface area contributed by atoms with E-state index in [1.165, 1.54) is 0 Å². The van der Waals surface area contributed by atoms with Gasteiger partial charge in [0.1, 0.15) is 5.82 Å². The van der Waals surface area contributed by atoms with Gasteiger partial charge in [-0.1, -0.05) is 45.1 Å². The zero-order valence-electron chi connectivity index (χ0n) is 18.1. The molecule has 1 aliphatic heterocycles. The van der Waals surface area contributed by atoms with Crippen LogP contribution in [0.2, 0.25) is 0 Å². The molecule has 160 valence electrons. The third kappa shape index (κ3) is 5.65. The van der Waals surface area contributed by atoms with Gasteiger partial charge in [-0.2, -0.15) is 5.26 Å². The quantitative estimate of drug-likeness (QED) is 0.598. The minimum absolute atomic E-state index is 0.0289. The number of fused-ring (bicyclic) bond motifs is 1. The maximum atomic E-state index is 9.20. The first kappa shape index (κ1) is 23.5. The predicted octanol–water partition coefficient (Wildman–Crippen LogP) is 5.11. The van der Waals surface area contributed by atoms with Crippen LogP contribution in [-0.4, -0.2) is 33.1 Å². The molecule has 1 atom stereocenters. The number of hydrogen-bond donors (Lipinski definition) is 2. The maximum absolute atomic E-state index is 9.20. The molecule has 7 nitrogen and oxygen atoms in total. The molecule has 0 amide bonds. The number of aliphatic hydroxyl groups is 1. The number of aliphatic hydroxyl groups excluding tert-OH is 1. The van der Waals surface area contributed by atoms with E-state index in [9.17, 15) is 5.26 Å². The summed E-state index contributed by atoms with van der Waals surface area (Å²) in [4.78, 5) is 15.7. The zero-order chi connectivity index (χ0) is 21.9. The monoisotopic (exact) mass is 426 g/mol. The van der Waals surface area contributed by atoms with Crippen LogP contribution >= 0.6 is 11.3 Å². The summed E-state index contributed by atoms with van der Waals surface area (Å²) in [6, 6.07) is 7.91. The Labute approximate surface area is 182 Å². The van der Waals surface area contributed by atoms with Crippen molar-refractivity contribution in [1.29, 1.82) is 5.26 Å². The van der Waals surface area contributed by atoms with E-state index >= 15 is 0 Å². The third-order valence-electron chi connectivity index (χ3n) is 4.42. The topological polar surface area (TPSA) is 98.0 Å². The van der Waals surface area contributed by atoms with Crippen LogP contribution in [0.25, 0.3) is 10.2 Å². The number of piperidine rings is 1. The Bertz CT molecular complexity index is 950. The minimum atomic E-state index is -0.0289. The fraction of sp³-hybridized carbons (Fsp3) is 0.455. The molecule has 0 aromatic carbocycles. The lowest BCUT2D eigenvalue weighted by molar-refractivity contribution is 0.281. The van der Waals surface area contributed by atoms with Gasteiger partial charge in [-0.3, -0.25) is 0 Å². The fourth-order valence-corrected chi connectivity index (χ4v) is 4.08. The molecule has 2 N–H and O–H groups in total. The van der Waals surface area contributed by atoms with Crippen LogP contribution in [0, 0.1) is 17.2 Å². The molecular formula is C22H30N6OS. The summed E-state index contributed by atoms with van der Waals surface area (Å²) in [6.07, 6.45) is 5.33. The van der Waals surface area contributed by atoms with Gasteiger partial charge in [-0.15, -0.1) is 0 Å². The molecule has 1 unspecified atom stereocenters. The Hall–Kier alpha value is -2.76. The summed E-state index contributed by atoms with van der Waals surface area (Å²) < 4.78 is 0.967. The van der Waals surface area contributed by atoms with Crippen LogP contribution in [0.1, 0.15) is 46.1 Å². The second-order valence-electron chi connectivity index (χ2n) is 6.25. The third-order valence-corrected chi connectivity index (χ3v) is 5.56. The van der Waals surface area contributed by atoms with Gasteiger partial charge in [-0.05, 0) is 30.5 Å². The molecule has 1 saturated heterocycles. The molecule has 1 fully saturated rings. The van der Waals surface area contributed by atoms with Gasteiger partial charge in [0.25, 0.3) is 0 Å². The highest BCUT2D eigenvalue weighted by Gasteiger charge is 2.22. The van der Waals surface area contributed by atoms with Crippen LogP contribution in [-0.2, 0) is 6.61 Å². The fourth-order valence-electron chi connectivity index (χ4n) is 3.04. The number of pyridine rings is 2. The van der Waals surface area contributed by atoms with E-state index in [-0.39, 0.29) is 12.5 Å². The summed E-state index contributed by atoms with van der Waals surface area (Å²) in [5.41, 5.74) is 1.65. The zero-order valence-corrected chi connectivity index (χ0v) is 18.9. The molecule has 8 heteroatoms. The molecule has 4 rings (SSSR count). The second-order valence-corrected chi connectivity index (χ2v) is 7.23. The highest BCUT2D eigenvalue weighted by atomic mass is 32.1. The average molecular weight is 427 g/mol. The van der Waals surface area contributed by atoms with E-state index in [1.54, 1.807) is 23.7 Å². The summed E-state index contributed by atoms with van der Waals surface area (Å²) >= 11 is 1.58. The molecule has 4 heterocycles. The lowest BCUT2D eigenvalue weighted by atomic mass is 10.0. The standard InChI is InChI=1S/C18H18N6OS.2C2H6/c19-8-12-2-1-7-24(10-12)18-22-14-5-6-20-17(16(14)26-18)23-15-4-3-13(11-25)9-21-15;2*1-2/h3-6,9,12,25H,1-2,7,10-11H2,(H,20,21,23);2*1-2H3. The average Bonchev–Trinajstić information content (AvgIpc) is 3.28. The first-order valence-electron chi connectivity index (χ1n) is 10.5. The van der Waals surface area contributed by atoms with Crippen molar-refractivity contribution in [2.75, 3.05) is 23.3 Å². The summed E-state index contributed by atoms with van der Waals surface area (Å²) in [6.45, 7) is 9.63. The van der Waals surface area contributed by atoms with Gasteiger partial charge in [0.05, 0.1) is 28.8 Å². The number of thiazole rings is 1. The Balaban J connectivity index is 0.000000757. The second kappa shape index (κ2) is 12.1. The van der Waals surface area contributed by atoms with E-state index in [4.69, 9.17) is 10.1 Å². The van der Waals surface area contributed by atoms with Gasteiger partial charge >= 0.3 is 0 Å². The van der Waals surface area contributed by atoms with Gasteiger partial charge in [0.15, 0.2) is 10.9 Å². The number of nitrogens with one attached hydrogen (secondary N) is 1. The number of anilines is 3. The molecular weight excluding hydrogens is 396 g/mol. The molecule has 1 aliphatic rings. The van der Waals surface area contributed by atoms with E-state index in [0.29, 0.717) is 11.6 Å². The Kier molecular flexibility index (Phi) is 9.45. The lowest BCUT2D eigenvalue weighted by Crippen LogP contribution is -2.34. The van der Waals surface area contributed by atoms with E-state index < -0.39 is 0 Å². The smallest absolute Gasteiger partial charge is 0.186 e. The molecule has 30 heavy (non-hydrogen) atoms. The lowest BCUT2D eigenvalue weighted by Gasteiger charge is -2.28. The Morgan fingerprint density at radius 2 is 2.03 bits per heavy atom. The molecule has 0 bridgehead atoms. The van der Waals surface area contributed by atoms with E-state index in [1.807, 2.05) is 45.9 Å². The molecule has 0 radical (unpaired) electrons. The van der Waals surface area contributed by atoms with Crippen LogP contribution in [0.15, 0.2) is 30.6 Å². The SMILES string of the molecule is CC.CC.N#CC1CCCN(c2nc3ccnc(Nc4ccc(CO)cn4)c3s2)C1. The van der Waals surface area contributed by atoms with Crippen molar-refractivity contribution in [2.24, 2.45) is 5.92 Å². The predicted molar refractivity (Wildman–Crippen MR) is 124 cm³/mol. The number of nitriles is 1. The number of aromatic nitrogens is 3. The largest absolute Gasteiger partial charge is 0.392 e. The highest BCUT2D eigenvalue weighted by molar-refractivity contribution is 7.22. The Morgan fingerprint density at radius 1 is 1.23 bits per heavy atom. The molecule has 3 aromatic rings. The Morgan fingerprint density at radius 3 is 2.70 bits per heavy atom. The molecule has 0 aliphatic carbocycles. The van der Waals surface area contributed by atoms with Gasteiger partial charge in [0.2, 0.25) is 0 Å². The van der Waals surface area contributed by atoms with Crippen molar-refractivity contribution >= 4 is 38.3 Å². The number of hydrogen-bond acceptors (Lipinski definition) is 8. The first-order valence-corrected chi connectivity index (χ1v) is 11.3. The number of nitrogens with zero attached hydrogens (tertiary/aromatic N) is 5. The van der Waals surface area contributed by atoms with Gasteiger partial charge in [0, 0.05) is 25.5 Å². The van der Waals surface area contributed by atoms with Crippen molar-refractivity contribution in [3.8, 4) is 6.07 Å². The number of rotatable bonds is 4.